The second-order valence-corrected chi connectivity index (χ2v) is 10.0. The first-order valence-corrected chi connectivity index (χ1v) is 13.1. The van der Waals surface area contributed by atoms with Crippen molar-refractivity contribution < 1.29 is 13.6 Å². The molecule has 2 N–H and O–H groups in total. The molecule has 8 heteroatoms. The SMILES string of the molecule is CC[C@H](C)c1ccc2oc(-c3ccc(NC(=S)NC(=O)c4ccc(-c5ccc(Br)cc5)o4)cc3)nc2c1. The van der Waals surface area contributed by atoms with Gasteiger partial charge in [-0.2, -0.15) is 0 Å². The van der Waals surface area contributed by atoms with Crippen LogP contribution in [0.4, 0.5) is 5.69 Å². The van der Waals surface area contributed by atoms with Gasteiger partial charge in [0.25, 0.3) is 5.91 Å². The molecule has 3 aromatic carbocycles. The van der Waals surface area contributed by atoms with Crippen molar-refractivity contribution in [1.29, 1.82) is 0 Å². The highest BCUT2D eigenvalue weighted by molar-refractivity contribution is 9.10. The van der Waals surface area contributed by atoms with Gasteiger partial charge in [-0.25, -0.2) is 4.98 Å². The third kappa shape index (κ3) is 5.65. The topological polar surface area (TPSA) is 80.3 Å². The van der Waals surface area contributed by atoms with Crippen LogP contribution in [0.5, 0.6) is 0 Å². The molecule has 0 aliphatic carbocycles. The molecule has 5 rings (SSSR count). The van der Waals surface area contributed by atoms with Gasteiger partial charge in [-0.05, 0) is 90.8 Å². The van der Waals surface area contributed by atoms with Crippen molar-refractivity contribution in [3.63, 3.8) is 0 Å². The molecule has 186 valence electrons. The Labute approximate surface area is 228 Å². The number of benzene rings is 3. The zero-order chi connectivity index (χ0) is 25.9. The number of furan rings is 1. The molecule has 0 fully saturated rings. The smallest absolute Gasteiger partial charge is 0.293 e. The fourth-order valence-corrected chi connectivity index (χ4v) is 4.34. The number of amides is 1. The molecule has 0 saturated carbocycles. The average Bonchev–Trinajstić information content (AvgIpc) is 3.56. The summed E-state index contributed by atoms with van der Waals surface area (Å²) in [5.74, 6) is 1.37. The number of rotatable bonds is 6. The maximum atomic E-state index is 12.6. The number of halogens is 1. The summed E-state index contributed by atoms with van der Waals surface area (Å²) in [6.07, 6.45) is 1.07. The van der Waals surface area contributed by atoms with E-state index < -0.39 is 5.91 Å². The van der Waals surface area contributed by atoms with Crippen LogP contribution >= 0.6 is 28.1 Å². The van der Waals surface area contributed by atoms with E-state index in [1.54, 1.807) is 12.1 Å². The third-order valence-corrected chi connectivity index (χ3v) is 6.90. The number of nitrogens with one attached hydrogen (secondary N) is 2. The number of oxazole rings is 1. The maximum Gasteiger partial charge on any atom is 0.293 e. The fraction of sp³-hybridized carbons (Fsp3) is 0.138. The summed E-state index contributed by atoms with van der Waals surface area (Å²) in [5, 5.41) is 5.84. The number of hydrogen-bond donors (Lipinski definition) is 2. The van der Waals surface area contributed by atoms with Gasteiger partial charge in [0.2, 0.25) is 5.89 Å². The van der Waals surface area contributed by atoms with Crippen molar-refractivity contribution in [2.24, 2.45) is 0 Å². The average molecular weight is 575 g/mol. The van der Waals surface area contributed by atoms with Crippen molar-refractivity contribution in [2.75, 3.05) is 5.32 Å². The van der Waals surface area contributed by atoms with Gasteiger partial charge in [-0.3, -0.25) is 10.1 Å². The first-order valence-electron chi connectivity index (χ1n) is 11.9. The minimum absolute atomic E-state index is 0.166. The molecule has 0 aliphatic heterocycles. The number of hydrogen-bond acceptors (Lipinski definition) is 5. The lowest BCUT2D eigenvalue weighted by atomic mass is 9.98. The van der Waals surface area contributed by atoms with Crippen LogP contribution in [0, 0.1) is 0 Å². The third-order valence-electron chi connectivity index (χ3n) is 6.17. The Morgan fingerprint density at radius 1 is 0.973 bits per heavy atom. The molecule has 1 atom stereocenters. The number of aromatic nitrogens is 1. The van der Waals surface area contributed by atoms with E-state index in [4.69, 9.17) is 21.1 Å². The Hall–Kier alpha value is -3.75. The molecule has 0 saturated heterocycles. The van der Waals surface area contributed by atoms with E-state index in [1.165, 1.54) is 5.56 Å². The summed E-state index contributed by atoms with van der Waals surface area (Å²) in [6.45, 7) is 4.38. The van der Waals surface area contributed by atoms with Crippen LogP contribution in [-0.4, -0.2) is 16.0 Å². The molecule has 5 aromatic rings. The van der Waals surface area contributed by atoms with Gasteiger partial charge >= 0.3 is 0 Å². The van der Waals surface area contributed by atoms with Crippen LogP contribution in [0.3, 0.4) is 0 Å². The minimum Gasteiger partial charge on any atom is -0.451 e. The summed E-state index contributed by atoms with van der Waals surface area (Å²) < 4.78 is 12.6. The number of nitrogens with zero attached hydrogens (tertiary/aromatic N) is 1. The van der Waals surface area contributed by atoms with Crippen molar-refractivity contribution in [3.8, 4) is 22.8 Å². The van der Waals surface area contributed by atoms with Crippen molar-refractivity contribution in [3.05, 3.63) is 94.7 Å². The van der Waals surface area contributed by atoms with E-state index >= 15 is 0 Å². The Bertz CT molecular complexity index is 1570. The van der Waals surface area contributed by atoms with E-state index in [0.29, 0.717) is 17.6 Å². The predicted molar refractivity (Wildman–Crippen MR) is 154 cm³/mol. The molecule has 2 heterocycles. The van der Waals surface area contributed by atoms with Crippen molar-refractivity contribution >= 4 is 56.0 Å². The number of thiocarbonyl (C=S) groups is 1. The van der Waals surface area contributed by atoms with Crippen LogP contribution in [0.15, 0.2) is 92.2 Å². The zero-order valence-corrected chi connectivity index (χ0v) is 22.7. The standard InChI is InChI=1S/C29H24BrN3O3S/c1-3-17(2)20-8-13-25-23(16-20)32-28(36-25)19-6-11-22(12-7-19)31-29(37)33-27(34)26-15-14-24(35-26)18-4-9-21(30)10-5-18/h4-17H,3H2,1-2H3,(H2,31,33,34,37)/t17-/m0/s1. The van der Waals surface area contributed by atoms with Crippen LogP contribution in [-0.2, 0) is 0 Å². The summed E-state index contributed by atoms with van der Waals surface area (Å²) in [6, 6.07) is 24.7. The molecule has 0 radical (unpaired) electrons. The van der Waals surface area contributed by atoms with E-state index in [2.05, 4.69) is 57.5 Å². The minimum atomic E-state index is -0.430. The Kier molecular flexibility index (Phi) is 7.21. The number of carbonyl (C=O) groups excluding carboxylic acids is 1. The Morgan fingerprint density at radius 2 is 1.70 bits per heavy atom. The fourth-order valence-electron chi connectivity index (χ4n) is 3.86. The summed E-state index contributed by atoms with van der Waals surface area (Å²) in [7, 11) is 0. The Morgan fingerprint density at radius 3 is 2.43 bits per heavy atom. The van der Waals surface area contributed by atoms with Crippen molar-refractivity contribution in [1.82, 2.24) is 10.3 Å². The molecule has 0 bridgehead atoms. The molecule has 37 heavy (non-hydrogen) atoms. The number of carbonyl (C=O) groups is 1. The molecular weight excluding hydrogens is 550 g/mol. The van der Waals surface area contributed by atoms with Gasteiger partial charge in [0.05, 0.1) is 0 Å². The first-order chi connectivity index (χ1) is 17.9. The van der Waals surface area contributed by atoms with E-state index in [1.807, 2.05) is 54.6 Å². The predicted octanol–water partition coefficient (Wildman–Crippen LogP) is 8.16. The zero-order valence-electron chi connectivity index (χ0n) is 20.2. The van der Waals surface area contributed by atoms with Gasteiger partial charge in [-0.15, -0.1) is 0 Å². The maximum absolute atomic E-state index is 12.6. The highest BCUT2D eigenvalue weighted by atomic mass is 79.9. The van der Waals surface area contributed by atoms with Gasteiger partial charge < -0.3 is 14.2 Å². The lowest BCUT2D eigenvalue weighted by molar-refractivity contribution is 0.0951. The van der Waals surface area contributed by atoms with Crippen molar-refractivity contribution in [2.45, 2.75) is 26.2 Å². The summed E-state index contributed by atoms with van der Waals surface area (Å²) in [5.41, 5.74) is 5.30. The van der Waals surface area contributed by atoms with E-state index in [-0.39, 0.29) is 10.9 Å². The van der Waals surface area contributed by atoms with Crippen LogP contribution < -0.4 is 10.6 Å². The van der Waals surface area contributed by atoms with Gasteiger partial charge in [0, 0.05) is 21.3 Å². The lowest BCUT2D eigenvalue weighted by Crippen LogP contribution is -2.33. The lowest BCUT2D eigenvalue weighted by Gasteiger charge is -2.09. The second kappa shape index (κ2) is 10.7. The summed E-state index contributed by atoms with van der Waals surface area (Å²) >= 11 is 8.73. The first kappa shape index (κ1) is 24.9. The molecule has 0 aliphatic rings. The monoisotopic (exact) mass is 573 g/mol. The molecule has 0 unspecified atom stereocenters. The van der Waals surface area contributed by atoms with E-state index in [0.717, 1.165) is 38.8 Å². The van der Waals surface area contributed by atoms with Crippen LogP contribution in [0.2, 0.25) is 0 Å². The largest absolute Gasteiger partial charge is 0.451 e. The summed E-state index contributed by atoms with van der Waals surface area (Å²) in [4.78, 5) is 17.3. The van der Waals surface area contributed by atoms with Gasteiger partial charge in [0.15, 0.2) is 16.5 Å². The second-order valence-electron chi connectivity index (χ2n) is 8.71. The highest BCUT2D eigenvalue weighted by Crippen LogP contribution is 2.29. The van der Waals surface area contributed by atoms with Crippen LogP contribution in [0.1, 0.15) is 42.3 Å². The highest BCUT2D eigenvalue weighted by Gasteiger charge is 2.15. The molecule has 0 spiro atoms. The van der Waals surface area contributed by atoms with Gasteiger partial charge in [-0.1, -0.05) is 48.0 Å². The molecule has 1 amide bonds. The normalized spacial score (nSPS) is 11.9. The van der Waals surface area contributed by atoms with Crippen LogP contribution in [0.25, 0.3) is 33.9 Å². The molecular formula is C29H24BrN3O3S. The van der Waals surface area contributed by atoms with E-state index in [9.17, 15) is 4.79 Å². The molecule has 6 nitrogen and oxygen atoms in total. The number of anilines is 1. The number of fused-ring (bicyclic) bond motifs is 1. The Balaban J connectivity index is 1.22. The molecule has 2 aromatic heterocycles. The quantitative estimate of drug-likeness (QED) is 0.199. The van der Waals surface area contributed by atoms with Gasteiger partial charge in [0.1, 0.15) is 11.3 Å².